The number of anilines is 1. The van der Waals surface area contributed by atoms with Gasteiger partial charge in [0.1, 0.15) is 11.3 Å². The summed E-state index contributed by atoms with van der Waals surface area (Å²) in [6.45, 7) is 1.69. The highest BCUT2D eigenvalue weighted by atomic mass is 19.4. The third kappa shape index (κ3) is 4.48. The van der Waals surface area contributed by atoms with Gasteiger partial charge in [-0.15, -0.1) is 0 Å². The number of ether oxygens (including phenoxy) is 2. The van der Waals surface area contributed by atoms with Gasteiger partial charge in [-0.25, -0.2) is 20.2 Å². The number of hydrogen-bond donors (Lipinski definition) is 1. The maximum Gasteiger partial charge on any atom is 0.434 e. The molecule has 0 aliphatic heterocycles. The van der Waals surface area contributed by atoms with E-state index in [9.17, 15) is 18.0 Å². The number of fused-ring (bicyclic) bond motifs is 1. The van der Waals surface area contributed by atoms with Crippen molar-refractivity contribution in [1.29, 1.82) is 0 Å². The number of hydrazone groups is 1. The van der Waals surface area contributed by atoms with Crippen molar-refractivity contribution in [3.05, 3.63) is 59.4 Å². The van der Waals surface area contributed by atoms with Gasteiger partial charge in [0.25, 0.3) is 0 Å². The van der Waals surface area contributed by atoms with Gasteiger partial charge in [0, 0.05) is 6.20 Å². The van der Waals surface area contributed by atoms with Crippen LogP contribution in [0.5, 0.6) is 5.75 Å². The van der Waals surface area contributed by atoms with E-state index in [2.05, 4.69) is 25.2 Å². The summed E-state index contributed by atoms with van der Waals surface area (Å²) in [6.07, 6.45) is -4.11. The van der Waals surface area contributed by atoms with Crippen molar-refractivity contribution in [2.24, 2.45) is 5.10 Å². The number of carbonyl (C=O) groups is 1. The molecule has 0 saturated heterocycles. The second-order valence-corrected chi connectivity index (χ2v) is 6.18. The third-order valence-electron chi connectivity index (χ3n) is 4.25. The smallest absolute Gasteiger partial charge is 0.434 e. The summed E-state index contributed by atoms with van der Waals surface area (Å²) < 4.78 is 49.2. The number of aromatic nitrogens is 2. The van der Waals surface area contributed by atoms with Crippen molar-refractivity contribution >= 4 is 28.4 Å². The molecule has 1 N–H and O–H groups in total. The van der Waals surface area contributed by atoms with Crippen LogP contribution in [-0.2, 0) is 10.9 Å². The van der Waals surface area contributed by atoms with Crippen LogP contribution >= 0.6 is 0 Å². The van der Waals surface area contributed by atoms with E-state index in [1.54, 1.807) is 14.0 Å². The monoisotopic (exact) mass is 418 g/mol. The molecule has 7 nitrogen and oxygen atoms in total. The molecular weight excluding hydrogens is 401 g/mol. The van der Waals surface area contributed by atoms with Crippen LogP contribution in [0.15, 0.2) is 47.7 Å². The van der Waals surface area contributed by atoms with Gasteiger partial charge < -0.3 is 9.47 Å². The number of benzene rings is 2. The number of alkyl halides is 3. The molecule has 0 bridgehead atoms. The van der Waals surface area contributed by atoms with Crippen LogP contribution in [0, 0.1) is 0 Å². The van der Waals surface area contributed by atoms with Gasteiger partial charge in [-0.3, -0.25) is 0 Å². The van der Waals surface area contributed by atoms with Gasteiger partial charge in [0.05, 0.1) is 19.9 Å². The molecule has 3 aromatic rings. The zero-order chi connectivity index (χ0) is 21.9. The van der Waals surface area contributed by atoms with Crippen LogP contribution in [0.4, 0.5) is 19.1 Å². The predicted octanol–water partition coefficient (Wildman–Crippen LogP) is 4.28. The first-order valence-electron chi connectivity index (χ1n) is 8.64. The topological polar surface area (TPSA) is 85.7 Å². The summed E-state index contributed by atoms with van der Waals surface area (Å²) in [5.74, 6) is -0.850. The predicted molar refractivity (Wildman–Crippen MR) is 105 cm³/mol. The molecule has 10 heteroatoms. The van der Waals surface area contributed by atoms with Gasteiger partial charge in [-0.1, -0.05) is 18.2 Å². The van der Waals surface area contributed by atoms with Crippen molar-refractivity contribution in [3.8, 4) is 5.75 Å². The number of halogens is 3. The van der Waals surface area contributed by atoms with Gasteiger partial charge in [0.15, 0.2) is 5.69 Å². The Bertz CT molecular complexity index is 1130. The second-order valence-electron chi connectivity index (χ2n) is 6.18. The summed E-state index contributed by atoms with van der Waals surface area (Å²) in [6, 6.07) is 11.2. The quantitative estimate of drug-likeness (QED) is 0.378. The summed E-state index contributed by atoms with van der Waals surface area (Å²) in [5.41, 5.74) is 1.47. The first-order valence-corrected chi connectivity index (χ1v) is 8.64. The van der Waals surface area contributed by atoms with Crippen LogP contribution < -0.4 is 10.2 Å². The fourth-order valence-electron chi connectivity index (χ4n) is 2.69. The lowest BCUT2D eigenvalue weighted by Gasteiger charge is -2.11. The number of hydrogen-bond acceptors (Lipinski definition) is 7. The molecule has 1 heterocycles. The molecule has 30 heavy (non-hydrogen) atoms. The Morgan fingerprint density at radius 2 is 1.80 bits per heavy atom. The van der Waals surface area contributed by atoms with Crippen molar-refractivity contribution < 1.29 is 27.4 Å². The first kappa shape index (κ1) is 21.0. The SMILES string of the molecule is COC(=O)c1cnc(N/N=C(/C)c2ccc3cc(OC)ccc3c2)nc1C(F)(F)F. The fourth-order valence-corrected chi connectivity index (χ4v) is 2.69. The van der Waals surface area contributed by atoms with Gasteiger partial charge in [-0.2, -0.15) is 18.3 Å². The molecule has 1 aromatic heterocycles. The fraction of sp³-hybridized carbons (Fsp3) is 0.200. The van der Waals surface area contributed by atoms with E-state index in [4.69, 9.17) is 4.74 Å². The molecule has 0 unspecified atom stereocenters. The average molecular weight is 418 g/mol. The molecular formula is C20H17F3N4O3. The lowest BCUT2D eigenvalue weighted by atomic mass is 10.0. The van der Waals surface area contributed by atoms with E-state index in [0.717, 1.165) is 35.4 Å². The van der Waals surface area contributed by atoms with Crippen molar-refractivity contribution in [2.75, 3.05) is 19.6 Å². The highest BCUT2D eigenvalue weighted by molar-refractivity contribution is 6.02. The number of nitrogens with zero attached hydrogens (tertiary/aromatic N) is 3. The van der Waals surface area contributed by atoms with Gasteiger partial charge in [0.2, 0.25) is 5.95 Å². The molecule has 3 rings (SSSR count). The zero-order valence-electron chi connectivity index (χ0n) is 16.2. The number of esters is 1. The van der Waals surface area contributed by atoms with Crippen molar-refractivity contribution in [3.63, 3.8) is 0 Å². The number of nitrogens with one attached hydrogen (secondary N) is 1. The maximum absolute atomic E-state index is 13.2. The van der Waals surface area contributed by atoms with E-state index in [1.165, 1.54) is 0 Å². The molecule has 0 atom stereocenters. The van der Waals surface area contributed by atoms with Crippen LogP contribution in [-0.4, -0.2) is 35.9 Å². The lowest BCUT2D eigenvalue weighted by molar-refractivity contribution is -0.141. The zero-order valence-corrected chi connectivity index (χ0v) is 16.2. The normalized spacial score (nSPS) is 12.0. The number of rotatable bonds is 5. The maximum atomic E-state index is 13.2. The molecule has 0 aliphatic rings. The lowest BCUT2D eigenvalue weighted by Crippen LogP contribution is -2.18. The summed E-state index contributed by atoms with van der Waals surface area (Å²) in [7, 11) is 2.56. The van der Waals surface area contributed by atoms with Crippen LogP contribution in [0.2, 0.25) is 0 Å². The summed E-state index contributed by atoms with van der Waals surface area (Å²) >= 11 is 0. The van der Waals surface area contributed by atoms with Crippen LogP contribution in [0.25, 0.3) is 10.8 Å². The minimum absolute atomic E-state index is 0.403. The van der Waals surface area contributed by atoms with E-state index >= 15 is 0 Å². The van der Waals surface area contributed by atoms with E-state index in [-0.39, 0.29) is 0 Å². The van der Waals surface area contributed by atoms with Crippen LogP contribution in [0.3, 0.4) is 0 Å². The molecule has 0 saturated carbocycles. The minimum atomic E-state index is -4.86. The van der Waals surface area contributed by atoms with E-state index in [0.29, 0.717) is 5.71 Å². The Morgan fingerprint density at radius 3 is 2.47 bits per heavy atom. The Balaban J connectivity index is 1.87. The molecule has 0 radical (unpaired) electrons. The van der Waals surface area contributed by atoms with Crippen LogP contribution in [0.1, 0.15) is 28.5 Å². The first-order chi connectivity index (χ1) is 14.2. The molecule has 0 fully saturated rings. The van der Waals surface area contributed by atoms with E-state index < -0.39 is 29.4 Å². The Kier molecular flexibility index (Phi) is 5.86. The minimum Gasteiger partial charge on any atom is -0.497 e. The summed E-state index contributed by atoms with van der Waals surface area (Å²) in [4.78, 5) is 18.6. The standard InChI is InChI=1S/C20H17F3N4O3/c1-11(12-4-5-14-9-15(29-2)7-6-13(14)8-12)26-27-19-24-10-16(18(28)30-3)17(25-19)20(21,22)23/h4-10H,1-3H3,(H,24,25,27)/b26-11-. The van der Waals surface area contributed by atoms with Gasteiger partial charge in [-0.05, 0) is 41.5 Å². The Hall–Kier alpha value is -3.69. The highest BCUT2D eigenvalue weighted by Gasteiger charge is 2.38. The second kappa shape index (κ2) is 8.36. The highest BCUT2D eigenvalue weighted by Crippen LogP contribution is 2.31. The number of carbonyl (C=O) groups excluding carboxylic acids is 1. The summed E-state index contributed by atoms with van der Waals surface area (Å²) in [5, 5.41) is 5.97. The van der Waals surface area contributed by atoms with Crippen molar-refractivity contribution in [1.82, 2.24) is 9.97 Å². The van der Waals surface area contributed by atoms with Gasteiger partial charge >= 0.3 is 12.1 Å². The third-order valence-corrected chi connectivity index (χ3v) is 4.25. The Morgan fingerprint density at radius 1 is 1.10 bits per heavy atom. The van der Waals surface area contributed by atoms with E-state index in [1.807, 2.05) is 36.4 Å². The molecule has 156 valence electrons. The van der Waals surface area contributed by atoms with Crippen molar-refractivity contribution in [2.45, 2.75) is 13.1 Å². The Labute approximate surface area is 169 Å². The molecule has 0 amide bonds. The molecule has 0 aliphatic carbocycles. The number of methoxy groups -OCH3 is 2. The average Bonchev–Trinajstić information content (AvgIpc) is 2.75. The molecule has 0 spiro atoms. The largest absolute Gasteiger partial charge is 0.497 e. The molecule has 2 aromatic carbocycles.